The van der Waals surface area contributed by atoms with Gasteiger partial charge < -0.3 is 10.4 Å². The van der Waals surface area contributed by atoms with E-state index in [1.54, 1.807) is 0 Å². The maximum atomic E-state index is 12.7. The summed E-state index contributed by atoms with van der Waals surface area (Å²) in [5, 5.41) is 13.7. The van der Waals surface area contributed by atoms with Crippen LogP contribution in [0.25, 0.3) is 0 Å². The van der Waals surface area contributed by atoms with Crippen LogP contribution in [-0.4, -0.2) is 65.2 Å². The second kappa shape index (κ2) is 9.83. The van der Waals surface area contributed by atoms with Crippen molar-refractivity contribution in [2.75, 3.05) is 38.0 Å². The Balaban J connectivity index is 1.29. The van der Waals surface area contributed by atoms with Gasteiger partial charge in [-0.1, -0.05) is 30.3 Å². The van der Waals surface area contributed by atoms with Gasteiger partial charge in [-0.15, -0.1) is 0 Å². The van der Waals surface area contributed by atoms with Crippen LogP contribution in [0.15, 0.2) is 54.6 Å². The SMILES string of the molecule is O=C(CN1CC[C@@]2(CCCN2CCc2ccccc2)[C@@H](O)C1)Nc1ccc(C(F)(F)F)cc1. The molecule has 2 atom stereocenters. The van der Waals surface area contributed by atoms with Gasteiger partial charge in [0.05, 0.1) is 18.2 Å². The molecular weight excluding hydrogens is 431 g/mol. The van der Waals surface area contributed by atoms with Crippen molar-refractivity contribution in [2.24, 2.45) is 0 Å². The minimum absolute atomic E-state index is 0.0954. The Morgan fingerprint density at radius 2 is 1.79 bits per heavy atom. The summed E-state index contributed by atoms with van der Waals surface area (Å²) in [5.74, 6) is -0.301. The summed E-state index contributed by atoms with van der Waals surface area (Å²) in [6.07, 6.45) is -1.22. The molecule has 2 aromatic carbocycles. The minimum atomic E-state index is -4.41. The van der Waals surface area contributed by atoms with Gasteiger partial charge in [-0.3, -0.25) is 14.6 Å². The third kappa shape index (κ3) is 5.57. The Morgan fingerprint density at radius 1 is 1.06 bits per heavy atom. The second-order valence-electron chi connectivity index (χ2n) is 9.05. The first-order valence-corrected chi connectivity index (χ1v) is 11.4. The molecule has 178 valence electrons. The van der Waals surface area contributed by atoms with E-state index in [0.29, 0.717) is 18.8 Å². The molecule has 0 saturated carbocycles. The van der Waals surface area contributed by atoms with E-state index in [4.69, 9.17) is 0 Å². The summed E-state index contributed by atoms with van der Waals surface area (Å²) >= 11 is 0. The van der Waals surface area contributed by atoms with E-state index in [1.807, 2.05) is 23.1 Å². The van der Waals surface area contributed by atoms with E-state index in [-0.39, 0.29) is 18.0 Å². The molecule has 5 nitrogen and oxygen atoms in total. The standard InChI is InChI=1S/C25H30F3N3O2/c26-25(27,28)20-7-9-21(10-8-20)29-23(33)18-30-16-13-24(22(32)17-30)12-4-14-31(24)15-11-19-5-2-1-3-6-19/h1-3,5-10,22,32H,4,11-18H2,(H,29,33)/t22-,24-/m0/s1. The van der Waals surface area contributed by atoms with E-state index in [0.717, 1.165) is 50.9 Å². The number of carbonyl (C=O) groups is 1. The quantitative estimate of drug-likeness (QED) is 0.688. The first kappa shape index (κ1) is 23.7. The number of halogens is 3. The Morgan fingerprint density at radius 3 is 2.45 bits per heavy atom. The number of benzene rings is 2. The molecule has 2 saturated heterocycles. The molecule has 2 fully saturated rings. The number of nitrogens with one attached hydrogen (secondary N) is 1. The van der Waals surface area contributed by atoms with Crippen LogP contribution in [0.2, 0.25) is 0 Å². The number of amides is 1. The fraction of sp³-hybridized carbons (Fsp3) is 0.480. The van der Waals surface area contributed by atoms with Gasteiger partial charge in [0.1, 0.15) is 0 Å². The highest BCUT2D eigenvalue weighted by molar-refractivity contribution is 5.92. The Labute approximate surface area is 192 Å². The number of rotatable bonds is 6. The zero-order chi connectivity index (χ0) is 23.5. The number of aliphatic hydroxyl groups excluding tert-OH is 1. The fourth-order valence-electron chi connectivity index (χ4n) is 5.17. The van der Waals surface area contributed by atoms with Crippen molar-refractivity contribution in [3.63, 3.8) is 0 Å². The van der Waals surface area contributed by atoms with Gasteiger partial charge in [0.25, 0.3) is 0 Å². The highest BCUT2D eigenvalue weighted by atomic mass is 19.4. The summed E-state index contributed by atoms with van der Waals surface area (Å²) in [5.41, 5.74) is 0.615. The van der Waals surface area contributed by atoms with Crippen molar-refractivity contribution in [3.05, 3.63) is 65.7 Å². The van der Waals surface area contributed by atoms with Gasteiger partial charge in [0.15, 0.2) is 0 Å². The number of aliphatic hydroxyl groups is 1. The molecule has 2 aliphatic rings. The number of hydrogen-bond donors (Lipinski definition) is 2. The van der Waals surface area contributed by atoms with Gasteiger partial charge in [-0.05, 0) is 62.1 Å². The van der Waals surface area contributed by atoms with Crippen LogP contribution >= 0.6 is 0 Å². The van der Waals surface area contributed by atoms with Crippen LogP contribution in [0.3, 0.4) is 0 Å². The van der Waals surface area contributed by atoms with Gasteiger partial charge in [-0.2, -0.15) is 13.2 Å². The van der Waals surface area contributed by atoms with Crippen LogP contribution < -0.4 is 5.32 Å². The molecule has 4 rings (SSSR count). The number of likely N-dealkylation sites (tertiary alicyclic amines) is 2. The Bertz CT molecular complexity index is 936. The van der Waals surface area contributed by atoms with E-state index >= 15 is 0 Å². The summed E-state index contributed by atoms with van der Waals surface area (Å²) in [6, 6.07) is 14.7. The van der Waals surface area contributed by atoms with Crippen LogP contribution in [-0.2, 0) is 17.4 Å². The monoisotopic (exact) mass is 461 g/mol. The molecule has 2 aliphatic heterocycles. The number of β-amino-alcohol motifs (C(OH)–C–C–N with tert-alkyl or cyclic N) is 1. The highest BCUT2D eigenvalue weighted by Crippen LogP contribution is 2.38. The first-order valence-electron chi connectivity index (χ1n) is 11.4. The number of anilines is 1. The predicted molar refractivity (Wildman–Crippen MR) is 121 cm³/mol. The third-order valence-corrected chi connectivity index (χ3v) is 6.96. The lowest BCUT2D eigenvalue weighted by atomic mass is 9.82. The summed E-state index contributed by atoms with van der Waals surface area (Å²) in [4.78, 5) is 16.8. The largest absolute Gasteiger partial charge is 0.416 e. The second-order valence-corrected chi connectivity index (χ2v) is 9.05. The summed E-state index contributed by atoms with van der Waals surface area (Å²) in [6.45, 7) is 3.06. The average molecular weight is 462 g/mol. The normalized spacial score (nSPS) is 24.3. The number of alkyl halides is 3. The van der Waals surface area contributed by atoms with E-state index < -0.39 is 17.8 Å². The number of nitrogens with zero attached hydrogens (tertiary/aromatic N) is 2. The molecule has 2 aromatic rings. The van der Waals surface area contributed by atoms with Gasteiger partial charge in [0, 0.05) is 30.9 Å². The highest BCUT2D eigenvalue weighted by Gasteiger charge is 2.49. The van der Waals surface area contributed by atoms with E-state index in [1.165, 1.54) is 17.7 Å². The summed E-state index contributed by atoms with van der Waals surface area (Å²) < 4.78 is 38.1. The molecule has 0 unspecified atom stereocenters. The van der Waals surface area contributed by atoms with Crippen molar-refractivity contribution in [2.45, 2.75) is 43.5 Å². The maximum absolute atomic E-state index is 12.7. The predicted octanol–water partition coefficient (Wildman–Crippen LogP) is 3.79. The summed E-state index contributed by atoms with van der Waals surface area (Å²) in [7, 11) is 0. The van der Waals surface area contributed by atoms with Gasteiger partial charge in [0.2, 0.25) is 5.91 Å². The van der Waals surface area contributed by atoms with E-state index in [9.17, 15) is 23.1 Å². The minimum Gasteiger partial charge on any atom is -0.390 e. The average Bonchev–Trinajstić information content (AvgIpc) is 3.19. The smallest absolute Gasteiger partial charge is 0.390 e. The van der Waals surface area contributed by atoms with Crippen LogP contribution in [0.1, 0.15) is 30.4 Å². The lowest BCUT2D eigenvalue weighted by Gasteiger charge is -2.48. The Kier molecular flexibility index (Phi) is 7.07. The number of hydrogen-bond acceptors (Lipinski definition) is 4. The molecule has 0 bridgehead atoms. The van der Waals surface area contributed by atoms with Crippen LogP contribution in [0.4, 0.5) is 18.9 Å². The number of piperidine rings is 1. The van der Waals surface area contributed by atoms with Gasteiger partial charge in [-0.25, -0.2) is 0 Å². The zero-order valence-corrected chi connectivity index (χ0v) is 18.5. The molecule has 33 heavy (non-hydrogen) atoms. The maximum Gasteiger partial charge on any atom is 0.416 e. The van der Waals surface area contributed by atoms with E-state index in [2.05, 4.69) is 22.3 Å². The van der Waals surface area contributed by atoms with Crippen molar-refractivity contribution in [1.29, 1.82) is 0 Å². The molecule has 1 amide bonds. The molecule has 2 N–H and O–H groups in total. The molecule has 0 radical (unpaired) electrons. The fourth-order valence-corrected chi connectivity index (χ4v) is 5.17. The lowest BCUT2D eigenvalue weighted by molar-refractivity contribution is -0.137. The van der Waals surface area contributed by atoms with Crippen molar-refractivity contribution in [3.8, 4) is 0 Å². The molecule has 0 aromatic heterocycles. The Hall–Kier alpha value is -2.42. The lowest BCUT2D eigenvalue weighted by Crippen LogP contribution is -2.62. The molecule has 8 heteroatoms. The zero-order valence-electron chi connectivity index (χ0n) is 18.5. The van der Waals surface area contributed by atoms with Gasteiger partial charge >= 0.3 is 6.18 Å². The topological polar surface area (TPSA) is 55.8 Å². The van der Waals surface area contributed by atoms with Crippen LogP contribution in [0, 0.1) is 0 Å². The molecule has 2 heterocycles. The van der Waals surface area contributed by atoms with Crippen molar-refractivity contribution < 1.29 is 23.1 Å². The molecule has 1 spiro atoms. The number of carbonyl (C=O) groups excluding carboxylic acids is 1. The van der Waals surface area contributed by atoms with Crippen molar-refractivity contribution >= 4 is 11.6 Å². The molecular formula is C25H30F3N3O2. The molecule has 0 aliphatic carbocycles. The van der Waals surface area contributed by atoms with Crippen molar-refractivity contribution in [1.82, 2.24) is 9.80 Å². The van der Waals surface area contributed by atoms with Crippen LogP contribution in [0.5, 0.6) is 0 Å². The first-order chi connectivity index (χ1) is 15.8. The third-order valence-electron chi connectivity index (χ3n) is 6.96.